The molecule has 1 aromatic heterocycles. The van der Waals surface area contributed by atoms with Gasteiger partial charge in [-0.05, 0) is 6.07 Å². The van der Waals surface area contributed by atoms with Crippen LogP contribution in [0.5, 0.6) is 0 Å². The molecule has 2 amide bonds. The van der Waals surface area contributed by atoms with E-state index in [9.17, 15) is 14.4 Å². The summed E-state index contributed by atoms with van der Waals surface area (Å²) in [5.41, 5.74) is 5.35. The molecule has 2 rings (SSSR count). The number of rotatable bonds is 5. The molecule has 0 aliphatic carbocycles. The normalized spacial score (nSPS) is 12.0. The average Bonchev–Trinajstić information content (AvgIpc) is 2.81. The molecule has 4 N–H and O–H groups in total. The van der Waals surface area contributed by atoms with E-state index in [1.807, 2.05) is 12.1 Å². The number of carbonyl (C=O) groups excluding carboxylic acids is 2. The Morgan fingerprint density at radius 2 is 2.00 bits per heavy atom. The Kier molecular flexibility index (Phi) is 3.99. The van der Waals surface area contributed by atoms with Crippen molar-refractivity contribution >= 4 is 39.2 Å². The standard InChI is InChI=1S/C13H12N2O4S/c14-11(16)5-9(13(18)19)15-12(17)8-6-20-10-4-2-1-3-7(8)10/h1-4,6,9H,5H2,(H2,14,16)(H,15,17)(H,18,19)/t9-/m1/s1. The number of nitrogens with two attached hydrogens (primary N) is 1. The third-order valence-corrected chi connectivity index (χ3v) is 3.70. The van der Waals surface area contributed by atoms with Crippen molar-refractivity contribution < 1.29 is 19.5 Å². The summed E-state index contributed by atoms with van der Waals surface area (Å²) in [4.78, 5) is 33.9. The number of fused-ring (bicyclic) bond motifs is 1. The molecule has 0 aliphatic heterocycles. The van der Waals surface area contributed by atoms with E-state index in [2.05, 4.69) is 5.32 Å². The van der Waals surface area contributed by atoms with E-state index in [1.165, 1.54) is 11.3 Å². The first kappa shape index (κ1) is 14.0. The lowest BCUT2D eigenvalue weighted by Crippen LogP contribution is -2.43. The second-order valence-corrected chi connectivity index (χ2v) is 5.09. The zero-order chi connectivity index (χ0) is 14.7. The van der Waals surface area contributed by atoms with Gasteiger partial charge in [-0.15, -0.1) is 11.3 Å². The lowest BCUT2D eigenvalue weighted by atomic mass is 10.1. The molecule has 0 bridgehead atoms. The Morgan fingerprint density at radius 1 is 1.30 bits per heavy atom. The van der Waals surface area contributed by atoms with Crippen LogP contribution >= 0.6 is 11.3 Å². The predicted octanol–water partition coefficient (Wildman–Crippen LogP) is 0.960. The number of hydrogen-bond donors (Lipinski definition) is 3. The maximum atomic E-state index is 12.1. The molecule has 1 heterocycles. The number of hydrogen-bond acceptors (Lipinski definition) is 4. The van der Waals surface area contributed by atoms with Crippen LogP contribution in [0.2, 0.25) is 0 Å². The van der Waals surface area contributed by atoms with Crippen molar-refractivity contribution in [2.24, 2.45) is 5.73 Å². The number of benzene rings is 1. The molecule has 0 fully saturated rings. The highest BCUT2D eigenvalue weighted by molar-refractivity contribution is 7.17. The lowest BCUT2D eigenvalue weighted by molar-refractivity contribution is -0.140. The molecule has 20 heavy (non-hydrogen) atoms. The molecule has 7 heteroatoms. The van der Waals surface area contributed by atoms with E-state index in [1.54, 1.807) is 17.5 Å². The maximum absolute atomic E-state index is 12.1. The molecule has 6 nitrogen and oxygen atoms in total. The van der Waals surface area contributed by atoms with Crippen LogP contribution in [0, 0.1) is 0 Å². The molecular formula is C13H12N2O4S. The number of thiophene rings is 1. The Bertz CT molecular complexity index is 680. The van der Waals surface area contributed by atoms with E-state index in [-0.39, 0.29) is 0 Å². The third-order valence-electron chi connectivity index (χ3n) is 2.73. The summed E-state index contributed by atoms with van der Waals surface area (Å²) in [7, 11) is 0. The Hall–Kier alpha value is -2.41. The summed E-state index contributed by atoms with van der Waals surface area (Å²) >= 11 is 1.39. The van der Waals surface area contributed by atoms with Gasteiger partial charge in [0.25, 0.3) is 5.91 Å². The zero-order valence-electron chi connectivity index (χ0n) is 10.3. The second-order valence-electron chi connectivity index (χ2n) is 4.18. The van der Waals surface area contributed by atoms with E-state index < -0.39 is 30.2 Å². The molecule has 2 aromatic rings. The van der Waals surface area contributed by atoms with E-state index in [0.717, 1.165) is 10.1 Å². The van der Waals surface area contributed by atoms with Crippen molar-refractivity contribution in [3.8, 4) is 0 Å². The molecule has 0 unspecified atom stereocenters. The first-order valence-electron chi connectivity index (χ1n) is 5.77. The summed E-state index contributed by atoms with van der Waals surface area (Å²) in [5.74, 6) is -2.61. The Morgan fingerprint density at radius 3 is 2.65 bits per heavy atom. The largest absolute Gasteiger partial charge is 0.480 e. The van der Waals surface area contributed by atoms with E-state index in [4.69, 9.17) is 10.8 Å². The van der Waals surface area contributed by atoms with Crippen molar-refractivity contribution in [3.05, 3.63) is 35.2 Å². The Balaban J connectivity index is 2.22. The van der Waals surface area contributed by atoms with E-state index in [0.29, 0.717) is 5.56 Å². The summed E-state index contributed by atoms with van der Waals surface area (Å²) in [5, 5.41) is 13.7. The van der Waals surface area contributed by atoms with Crippen LogP contribution in [0.3, 0.4) is 0 Å². The molecule has 1 atom stereocenters. The van der Waals surface area contributed by atoms with Crippen molar-refractivity contribution in [1.29, 1.82) is 0 Å². The monoisotopic (exact) mass is 292 g/mol. The SMILES string of the molecule is NC(=O)C[C@@H](NC(=O)c1csc2ccccc12)C(=O)O. The minimum absolute atomic E-state index is 0.390. The molecule has 1 aromatic carbocycles. The zero-order valence-corrected chi connectivity index (χ0v) is 11.1. The first-order valence-corrected chi connectivity index (χ1v) is 6.65. The smallest absolute Gasteiger partial charge is 0.326 e. The molecule has 0 spiro atoms. The second kappa shape index (κ2) is 5.70. The summed E-state index contributed by atoms with van der Waals surface area (Å²) in [6, 6.07) is 5.98. The van der Waals surface area contributed by atoms with Crippen LogP contribution in [0.4, 0.5) is 0 Å². The summed E-state index contributed by atoms with van der Waals surface area (Å²) in [6.45, 7) is 0. The number of nitrogens with one attached hydrogen (secondary N) is 1. The summed E-state index contributed by atoms with van der Waals surface area (Å²) < 4.78 is 0.930. The quantitative estimate of drug-likeness (QED) is 0.762. The molecule has 0 saturated heterocycles. The average molecular weight is 292 g/mol. The van der Waals surface area contributed by atoms with Crippen LogP contribution in [-0.4, -0.2) is 28.9 Å². The topological polar surface area (TPSA) is 109 Å². The minimum atomic E-state index is -1.32. The highest BCUT2D eigenvalue weighted by atomic mass is 32.1. The highest BCUT2D eigenvalue weighted by Gasteiger charge is 2.23. The number of carboxylic acid groups (broad SMARTS) is 1. The fourth-order valence-electron chi connectivity index (χ4n) is 1.79. The number of carboxylic acids is 1. The van der Waals surface area contributed by atoms with Crippen LogP contribution in [0.1, 0.15) is 16.8 Å². The van der Waals surface area contributed by atoms with Gasteiger partial charge in [0.05, 0.1) is 12.0 Å². The third kappa shape index (κ3) is 2.94. The van der Waals surface area contributed by atoms with Gasteiger partial charge >= 0.3 is 5.97 Å². The van der Waals surface area contributed by atoms with Crippen LogP contribution in [0.15, 0.2) is 29.6 Å². The van der Waals surface area contributed by atoms with Crippen LogP contribution in [0.25, 0.3) is 10.1 Å². The van der Waals surface area contributed by atoms with Crippen molar-refractivity contribution in [3.63, 3.8) is 0 Å². The lowest BCUT2D eigenvalue weighted by Gasteiger charge is -2.12. The first-order chi connectivity index (χ1) is 9.49. The van der Waals surface area contributed by atoms with Crippen molar-refractivity contribution in [2.45, 2.75) is 12.5 Å². The van der Waals surface area contributed by atoms with Gasteiger partial charge in [0.2, 0.25) is 5.91 Å². The maximum Gasteiger partial charge on any atom is 0.326 e. The van der Waals surface area contributed by atoms with E-state index >= 15 is 0 Å². The van der Waals surface area contributed by atoms with Crippen LogP contribution < -0.4 is 11.1 Å². The molecule has 0 aliphatic rings. The van der Waals surface area contributed by atoms with Gasteiger partial charge in [-0.2, -0.15) is 0 Å². The van der Waals surface area contributed by atoms with Crippen molar-refractivity contribution in [1.82, 2.24) is 5.32 Å². The number of amides is 2. The molecule has 104 valence electrons. The molecule has 0 radical (unpaired) electrons. The minimum Gasteiger partial charge on any atom is -0.480 e. The fourth-order valence-corrected chi connectivity index (χ4v) is 2.73. The number of aliphatic carboxylic acids is 1. The fraction of sp³-hybridized carbons (Fsp3) is 0.154. The van der Waals surface area contributed by atoms with Gasteiger partial charge in [0.1, 0.15) is 6.04 Å². The molecular weight excluding hydrogens is 280 g/mol. The predicted molar refractivity (Wildman–Crippen MR) is 74.5 cm³/mol. The number of carbonyl (C=O) groups is 3. The van der Waals surface area contributed by atoms with Gasteiger partial charge in [-0.3, -0.25) is 9.59 Å². The van der Waals surface area contributed by atoms with Gasteiger partial charge in [-0.1, -0.05) is 18.2 Å². The number of primary amides is 1. The van der Waals surface area contributed by atoms with Gasteiger partial charge in [0.15, 0.2) is 0 Å². The Labute approximate surface area is 118 Å². The van der Waals surface area contributed by atoms with Gasteiger partial charge in [-0.25, -0.2) is 4.79 Å². The highest BCUT2D eigenvalue weighted by Crippen LogP contribution is 2.25. The summed E-state index contributed by atoms with van der Waals surface area (Å²) in [6.07, 6.45) is -0.441. The van der Waals surface area contributed by atoms with Crippen molar-refractivity contribution in [2.75, 3.05) is 0 Å². The van der Waals surface area contributed by atoms with Gasteiger partial charge in [0, 0.05) is 15.5 Å². The molecule has 0 saturated carbocycles. The van der Waals surface area contributed by atoms with Gasteiger partial charge < -0.3 is 16.2 Å². The van der Waals surface area contributed by atoms with Crippen LogP contribution in [-0.2, 0) is 9.59 Å².